The van der Waals surface area contributed by atoms with Crippen LogP contribution in [-0.4, -0.2) is 76.3 Å². The lowest BCUT2D eigenvalue weighted by Crippen LogP contribution is -2.52. The second kappa shape index (κ2) is 8.62. The summed E-state index contributed by atoms with van der Waals surface area (Å²) in [6.07, 6.45) is 8.00. The van der Waals surface area contributed by atoms with E-state index in [1.54, 1.807) is 18.1 Å². The van der Waals surface area contributed by atoms with Crippen molar-refractivity contribution in [3.8, 4) is 0 Å². The molecular formula is C18H29N5O3. The van der Waals surface area contributed by atoms with Gasteiger partial charge < -0.3 is 14.5 Å². The van der Waals surface area contributed by atoms with Crippen molar-refractivity contribution in [3.63, 3.8) is 0 Å². The van der Waals surface area contributed by atoms with E-state index in [0.717, 1.165) is 51.9 Å². The van der Waals surface area contributed by atoms with E-state index >= 15 is 0 Å². The molecule has 2 aliphatic rings. The quantitative estimate of drug-likeness (QED) is 0.674. The average Bonchev–Trinajstić information content (AvgIpc) is 3.17. The molecule has 3 heterocycles. The summed E-state index contributed by atoms with van der Waals surface area (Å²) < 4.78 is 6.79. The highest BCUT2D eigenvalue weighted by atomic mass is 16.5. The summed E-state index contributed by atoms with van der Waals surface area (Å²) in [5.41, 5.74) is 0.184. The topological polar surface area (TPSA) is 80.6 Å². The first-order valence-corrected chi connectivity index (χ1v) is 9.49. The molecule has 0 radical (unpaired) electrons. The predicted octanol–water partition coefficient (Wildman–Crippen LogP) is 0.936. The number of piperidine rings is 2. The molecule has 2 amide bonds. The SMILES string of the molecule is COCCCN1CC2(CCC1=O)CCN(C(=O)CCn1cncn1)CC2. The zero-order chi connectivity index (χ0) is 18.4. The van der Waals surface area contributed by atoms with Crippen LogP contribution in [0.2, 0.25) is 0 Å². The molecular weight excluding hydrogens is 334 g/mol. The minimum absolute atomic E-state index is 0.180. The van der Waals surface area contributed by atoms with E-state index in [2.05, 4.69) is 10.1 Å². The maximum Gasteiger partial charge on any atom is 0.224 e. The summed E-state index contributed by atoms with van der Waals surface area (Å²) in [7, 11) is 1.69. The Bertz CT molecular complexity index is 596. The van der Waals surface area contributed by atoms with Gasteiger partial charge in [-0.05, 0) is 31.1 Å². The number of nitrogens with zero attached hydrogens (tertiary/aromatic N) is 5. The van der Waals surface area contributed by atoms with Gasteiger partial charge in [-0.3, -0.25) is 14.3 Å². The highest BCUT2D eigenvalue weighted by Gasteiger charge is 2.41. The van der Waals surface area contributed by atoms with E-state index in [4.69, 9.17) is 4.74 Å². The molecule has 2 saturated heterocycles. The van der Waals surface area contributed by atoms with E-state index < -0.39 is 0 Å². The Morgan fingerprint density at radius 3 is 2.77 bits per heavy atom. The van der Waals surface area contributed by atoms with Crippen LogP contribution in [0.1, 0.15) is 38.5 Å². The molecule has 1 aromatic heterocycles. The monoisotopic (exact) mass is 363 g/mol. The smallest absolute Gasteiger partial charge is 0.224 e. The van der Waals surface area contributed by atoms with Crippen LogP contribution in [0, 0.1) is 5.41 Å². The van der Waals surface area contributed by atoms with Gasteiger partial charge in [0.1, 0.15) is 12.7 Å². The third kappa shape index (κ3) is 4.60. The molecule has 0 aliphatic carbocycles. The summed E-state index contributed by atoms with van der Waals surface area (Å²) in [6, 6.07) is 0. The highest BCUT2D eigenvalue weighted by molar-refractivity contribution is 5.77. The Balaban J connectivity index is 1.47. The number of ether oxygens (including phenoxy) is 1. The van der Waals surface area contributed by atoms with Crippen molar-refractivity contribution in [2.24, 2.45) is 5.41 Å². The van der Waals surface area contributed by atoms with Crippen LogP contribution in [0.4, 0.5) is 0 Å². The van der Waals surface area contributed by atoms with Crippen molar-refractivity contribution in [2.45, 2.75) is 45.1 Å². The Kier molecular flexibility index (Phi) is 6.24. The van der Waals surface area contributed by atoms with Gasteiger partial charge in [-0.15, -0.1) is 0 Å². The number of carbonyl (C=O) groups excluding carboxylic acids is 2. The van der Waals surface area contributed by atoms with Gasteiger partial charge >= 0.3 is 0 Å². The number of methoxy groups -OCH3 is 1. The average molecular weight is 363 g/mol. The number of aryl methyl sites for hydroxylation is 1. The van der Waals surface area contributed by atoms with Crippen LogP contribution in [0.25, 0.3) is 0 Å². The molecule has 2 fully saturated rings. The molecule has 0 bridgehead atoms. The molecule has 8 nitrogen and oxygen atoms in total. The Morgan fingerprint density at radius 1 is 1.27 bits per heavy atom. The molecule has 0 saturated carbocycles. The minimum Gasteiger partial charge on any atom is -0.385 e. The zero-order valence-corrected chi connectivity index (χ0v) is 15.6. The number of amides is 2. The summed E-state index contributed by atoms with van der Waals surface area (Å²) in [5, 5.41) is 4.04. The zero-order valence-electron chi connectivity index (χ0n) is 15.6. The molecule has 0 N–H and O–H groups in total. The number of rotatable bonds is 7. The van der Waals surface area contributed by atoms with Crippen LogP contribution in [-0.2, 0) is 20.9 Å². The van der Waals surface area contributed by atoms with Crippen molar-refractivity contribution < 1.29 is 14.3 Å². The van der Waals surface area contributed by atoms with Gasteiger partial charge in [0.2, 0.25) is 11.8 Å². The van der Waals surface area contributed by atoms with Gasteiger partial charge in [-0.2, -0.15) is 5.10 Å². The lowest BCUT2D eigenvalue weighted by molar-refractivity contribution is -0.142. The van der Waals surface area contributed by atoms with Gasteiger partial charge in [-0.1, -0.05) is 0 Å². The van der Waals surface area contributed by atoms with E-state index in [1.165, 1.54) is 6.33 Å². The largest absolute Gasteiger partial charge is 0.385 e. The summed E-state index contributed by atoms with van der Waals surface area (Å²) in [6.45, 7) is 4.44. The van der Waals surface area contributed by atoms with Crippen LogP contribution < -0.4 is 0 Å². The maximum absolute atomic E-state index is 12.4. The predicted molar refractivity (Wildman–Crippen MR) is 95.2 cm³/mol. The fraction of sp³-hybridized carbons (Fsp3) is 0.778. The van der Waals surface area contributed by atoms with Crippen molar-refractivity contribution in [2.75, 3.05) is 39.9 Å². The van der Waals surface area contributed by atoms with Crippen LogP contribution >= 0.6 is 0 Å². The lowest BCUT2D eigenvalue weighted by Gasteiger charge is -2.47. The fourth-order valence-electron chi connectivity index (χ4n) is 4.06. The molecule has 0 unspecified atom stereocenters. The van der Waals surface area contributed by atoms with Crippen LogP contribution in [0.15, 0.2) is 12.7 Å². The van der Waals surface area contributed by atoms with Crippen LogP contribution in [0.5, 0.6) is 0 Å². The Labute approximate surface area is 154 Å². The lowest BCUT2D eigenvalue weighted by atomic mass is 9.72. The Hall–Kier alpha value is -1.96. The molecule has 8 heteroatoms. The molecule has 144 valence electrons. The minimum atomic E-state index is 0.180. The van der Waals surface area contributed by atoms with Gasteiger partial charge in [-0.25, -0.2) is 4.98 Å². The van der Waals surface area contributed by atoms with Gasteiger partial charge in [0.25, 0.3) is 0 Å². The first-order valence-electron chi connectivity index (χ1n) is 9.49. The van der Waals surface area contributed by atoms with Gasteiger partial charge in [0.15, 0.2) is 0 Å². The molecule has 0 aromatic carbocycles. The van der Waals surface area contributed by atoms with Crippen molar-refractivity contribution in [1.82, 2.24) is 24.6 Å². The summed E-state index contributed by atoms with van der Waals surface area (Å²) in [5.74, 6) is 0.442. The van der Waals surface area contributed by atoms with E-state index in [0.29, 0.717) is 26.0 Å². The van der Waals surface area contributed by atoms with E-state index in [1.807, 2.05) is 9.80 Å². The Morgan fingerprint density at radius 2 is 2.08 bits per heavy atom. The van der Waals surface area contributed by atoms with Crippen molar-refractivity contribution in [1.29, 1.82) is 0 Å². The normalized spacial score (nSPS) is 20.0. The molecule has 1 aromatic rings. The molecule has 1 spiro atoms. The summed E-state index contributed by atoms with van der Waals surface area (Å²) >= 11 is 0. The molecule has 26 heavy (non-hydrogen) atoms. The molecule has 2 aliphatic heterocycles. The first kappa shape index (κ1) is 18.8. The molecule has 3 rings (SSSR count). The summed E-state index contributed by atoms with van der Waals surface area (Å²) in [4.78, 5) is 32.5. The second-order valence-corrected chi connectivity index (χ2v) is 7.45. The van der Waals surface area contributed by atoms with Crippen LogP contribution in [0.3, 0.4) is 0 Å². The number of likely N-dealkylation sites (tertiary alicyclic amines) is 2. The van der Waals surface area contributed by atoms with Crippen molar-refractivity contribution >= 4 is 11.8 Å². The first-order chi connectivity index (χ1) is 12.6. The van der Waals surface area contributed by atoms with Crippen molar-refractivity contribution in [3.05, 3.63) is 12.7 Å². The third-order valence-electron chi connectivity index (χ3n) is 5.72. The number of carbonyl (C=O) groups is 2. The maximum atomic E-state index is 12.4. The number of hydrogen-bond acceptors (Lipinski definition) is 5. The number of aromatic nitrogens is 3. The standard InChI is InChI=1S/C18H29N5O3/c1-26-12-2-8-22-13-18(5-3-16(22)24)6-10-21(11-7-18)17(25)4-9-23-15-19-14-20-23/h14-15H,2-13H2,1H3. The van der Waals surface area contributed by atoms with E-state index in [9.17, 15) is 9.59 Å². The van der Waals surface area contributed by atoms with E-state index in [-0.39, 0.29) is 17.2 Å². The van der Waals surface area contributed by atoms with Gasteiger partial charge in [0.05, 0.1) is 6.54 Å². The second-order valence-electron chi connectivity index (χ2n) is 7.45. The highest BCUT2D eigenvalue weighted by Crippen LogP contribution is 2.40. The number of hydrogen-bond donors (Lipinski definition) is 0. The third-order valence-corrected chi connectivity index (χ3v) is 5.72. The fourth-order valence-corrected chi connectivity index (χ4v) is 4.06. The van der Waals surface area contributed by atoms with Gasteiger partial charge in [0, 0.05) is 52.7 Å². The molecule has 0 atom stereocenters.